The fraction of sp³-hybridized carbons (Fsp3) is 0.133. The van der Waals surface area contributed by atoms with Crippen LogP contribution in [0.25, 0.3) is 0 Å². The molecule has 21 heavy (non-hydrogen) atoms. The third-order valence-corrected chi connectivity index (χ3v) is 3.14. The monoisotopic (exact) mass is 311 g/mol. The van der Waals surface area contributed by atoms with Crippen LogP contribution in [0.4, 0.5) is 13.2 Å². The van der Waals surface area contributed by atoms with Gasteiger partial charge in [-0.3, -0.25) is 0 Å². The maximum absolute atomic E-state index is 12.7. The number of hydrogen-bond acceptors (Lipinski definition) is 2. The van der Waals surface area contributed by atoms with Gasteiger partial charge in [-0.25, -0.2) is 0 Å². The van der Waals surface area contributed by atoms with Crippen LogP contribution in [0.15, 0.2) is 42.5 Å². The molecule has 0 saturated carbocycles. The van der Waals surface area contributed by atoms with Crippen molar-refractivity contribution in [3.8, 4) is 11.8 Å². The second-order valence-electron chi connectivity index (χ2n) is 4.20. The van der Waals surface area contributed by atoms with Gasteiger partial charge in [0, 0.05) is 10.6 Å². The Morgan fingerprint density at radius 3 is 2.48 bits per heavy atom. The molecule has 0 aliphatic rings. The maximum atomic E-state index is 12.7. The minimum absolute atomic E-state index is 0.107. The third kappa shape index (κ3) is 3.67. The average molecular weight is 312 g/mol. The van der Waals surface area contributed by atoms with Crippen LogP contribution < -0.4 is 4.74 Å². The van der Waals surface area contributed by atoms with E-state index in [1.165, 1.54) is 12.1 Å². The highest BCUT2D eigenvalue weighted by atomic mass is 35.5. The molecular weight excluding hydrogens is 303 g/mol. The van der Waals surface area contributed by atoms with Gasteiger partial charge in [0.1, 0.15) is 12.4 Å². The standard InChI is InChI=1S/C15H9ClF3NO/c16-14-4-2-1-3-10(14)9-21-12-5-6-13(15(17,18)19)11(7-12)8-20/h1-7H,9H2. The predicted molar refractivity (Wildman–Crippen MR) is 71.9 cm³/mol. The summed E-state index contributed by atoms with van der Waals surface area (Å²) in [7, 11) is 0. The molecule has 2 nitrogen and oxygen atoms in total. The molecule has 2 aromatic carbocycles. The predicted octanol–water partition coefficient (Wildman–Crippen LogP) is 4.81. The number of halogens is 4. The summed E-state index contributed by atoms with van der Waals surface area (Å²) in [4.78, 5) is 0. The molecule has 0 amide bonds. The lowest BCUT2D eigenvalue weighted by atomic mass is 10.1. The molecule has 0 unspecified atom stereocenters. The highest BCUT2D eigenvalue weighted by Crippen LogP contribution is 2.33. The normalized spacial score (nSPS) is 11.0. The molecule has 0 aliphatic heterocycles. The molecule has 0 atom stereocenters. The van der Waals surface area contributed by atoms with Crippen molar-refractivity contribution in [1.29, 1.82) is 5.26 Å². The molecule has 0 bridgehead atoms. The summed E-state index contributed by atoms with van der Waals surface area (Å²) in [5.74, 6) is 0.180. The van der Waals surface area contributed by atoms with Crippen LogP contribution in [-0.2, 0) is 12.8 Å². The Balaban J connectivity index is 2.19. The Morgan fingerprint density at radius 2 is 1.86 bits per heavy atom. The van der Waals surface area contributed by atoms with Crippen LogP contribution in [0.5, 0.6) is 5.75 Å². The summed E-state index contributed by atoms with van der Waals surface area (Å²) < 4.78 is 43.4. The quantitative estimate of drug-likeness (QED) is 0.815. The number of nitriles is 1. The number of benzene rings is 2. The third-order valence-electron chi connectivity index (χ3n) is 2.77. The van der Waals surface area contributed by atoms with E-state index in [-0.39, 0.29) is 12.4 Å². The van der Waals surface area contributed by atoms with Crippen molar-refractivity contribution in [3.63, 3.8) is 0 Å². The molecule has 0 spiro atoms. The van der Waals surface area contributed by atoms with Crippen molar-refractivity contribution in [2.45, 2.75) is 12.8 Å². The number of alkyl halides is 3. The number of nitrogens with zero attached hydrogens (tertiary/aromatic N) is 1. The highest BCUT2D eigenvalue weighted by molar-refractivity contribution is 6.31. The van der Waals surface area contributed by atoms with E-state index < -0.39 is 17.3 Å². The van der Waals surface area contributed by atoms with Crippen LogP contribution in [0, 0.1) is 11.3 Å². The SMILES string of the molecule is N#Cc1cc(OCc2ccccc2Cl)ccc1C(F)(F)F. The second-order valence-corrected chi connectivity index (χ2v) is 4.60. The topological polar surface area (TPSA) is 33.0 Å². The Kier molecular flexibility index (Phi) is 4.39. The molecule has 0 fully saturated rings. The Bertz CT molecular complexity index is 692. The summed E-state index contributed by atoms with van der Waals surface area (Å²) in [6.45, 7) is 0.107. The van der Waals surface area contributed by atoms with Gasteiger partial charge < -0.3 is 4.74 Å². The van der Waals surface area contributed by atoms with E-state index in [1.54, 1.807) is 24.3 Å². The summed E-state index contributed by atoms with van der Waals surface area (Å²) in [6.07, 6.45) is -4.56. The van der Waals surface area contributed by atoms with Gasteiger partial charge in [0.25, 0.3) is 0 Å². The molecule has 0 aliphatic carbocycles. The molecule has 6 heteroatoms. The van der Waals surface area contributed by atoms with E-state index in [0.717, 1.165) is 12.1 Å². The van der Waals surface area contributed by atoms with Gasteiger partial charge >= 0.3 is 6.18 Å². The van der Waals surface area contributed by atoms with Crippen LogP contribution in [-0.4, -0.2) is 0 Å². The molecule has 0 saturated heterocycles. The van der Waals surface area contributed by atoms with Gasteiger partial charge in [-0.2, -0.15) is 18.4 Å². The summed E-state index contributed by atoms with van der Waals surface area (Å²) >= 11 is 5.95. The maximum Gasteiger partial charge on any atom is 0.417 e. The minimum atomic E-state index is -4.56. The lowest BCUT2D eigenvalue weighted by molar-refractivity contribution is -0.137. The average Bonchev–Trinajstić information content (AvgIpc) is 2.45. The van der Waals surface area contributed by atoms with E-state index in [0.29, 0.717) is 10.6 Å². The van der Waals surface area contributed by atoms with Crippen LogP contribution >= 0.6 is 11.6 Å². The zero-order valence-corrected chi connectivity index (χ0v) is 11.4. The highest BCUT2D eigenvalue weighted by Gasteiger charge is 2.33. The van der Waals surface area contributed by atoms with E-state index in [2.05, 4.69) is 0 Å². The number of ether oxygens (including phenoxy) is 1. The molecule has 0 N–H and O–H groups in total. The van der Waals surface area contributed by atoms with Gasteiger partial charge in [0.2, 0.25) is 0 Å². The zero-order chi connectivity index (χ0) is 15.5. The summed E-state index contributed by atoms with van der Waals surface area (Å²) in [5.41, 5.74) is -0.744. The van der Waals surface area contributed by atoms with Gasteiger partial charge in [0.15, 0.2) is 0 Å². The van der Waals surface area contributed by atoms with Gasteiger partial charge in [-0.1, -0.05) is 29.8 Å². The van der Waals surface area contributed by atoms with Gasteiger partial charge in [-0.05, 0) is 24.3 Å². The van der Waals surface area contributed by atoms with E-state index in [9.17, 15) is 13.2 Å². The molecular formula is C15H9ClF3NO. The Labute approximate surface area is 124 Å². The fourth-order valence-corrected chi connectivity index (χ4v) is 1.92. The Morgan fingerprint density at radius 1 is 1.14 bits per heavy atom. The Hall–Kier alpha value is -2.19. The molecule has 0 radical (unpaired) electrons. The lowest BCUT2D eigenvalue weighted by Gasteiger charge is -2.11. The fourth-order valence-electron chi connectivity index (χ4n) is 1.73. The zero-order valence-electron chi connectivity index (χ0n) is 10.6. The molecule has 0 heterocycles. The van der Waals surface area contributed by atoms with Gasteiger partial charge in [0.05, 0.1) is 17.2 Å². The van der Waals surface area contributed by atoms with E-state index >= 15 is 0 Å². The van der Waals surface area contributed by atoms with E-state index in [4.69, 9.17) is 21.6 Å². The molecule has 108 valence electrons. The van der Waals surface area contributed by atoms with Crippen molar-refractivity contribution >= 4 is 11.6 Å². The molecule has 2 rings (SSSR count). The van der Waals surface area contributed by atoms with Crippen LogP contribution in [0.2, 0.25) is 5.02 Å². The van der Waals surface area contributed by atoms with Crippen molar-refractivity contribution in [2.24, 2.45) is 0 Å². The first-order chi connectivity index (χ1) is 9.91. The summed E-state index contributed by atoms with van der Waals surface area (Å²) in [6, 6.07) is 11.6. The second kappa shape index (κ2) is 6.06. The smallest absolute Gasteiger partial charge is 0.417 e. The van der Waals surface area contributed by atoms with Crippen LogP contribution in [0.1, 0.15) is 16.7 Å². The van der Waals surface area contributed by atoms with Crippen LogP contribution in [0.3, 0.4) is 0 Å². The van der Waals surface area contributed by atoms with Crippen molar-refractivity contribution in [1.82, 2.24) is 0 Å². The molecule has 2 aromatic rings. The number of rotatable bonds is 3. The first kappa shape index (κ1) is 15.2. The van der Waals surface area contributed by atoms with E-state index in [1.807, 2.05) is 0 Å². The molecule has 0 aromatic heterocycles. The first-order valence-electron chi connectivity index (χ1n) is 5.89. The number of hydrogen-bond donors (Lipinski definition) is 0. The lowest BCUT2D eigenvalue weighted by Crippen LogP contribution is -2.08. The first-order valence-corrected chi connectivity index (χ1v) is 6.27. The minimum Gasteiger partial charge on any atom is -0.489 e. The van der Waals surface area contributed by atoms with Crippen molar-refractivity contribution in [2.75, 3.05) is 0 Å². The van der Waals surface area contributed by atoms with Crippen molar-refractivity contribution < 1.29 is 17.9 Å². The largest absolute Gasteiger partial charge is 0.489 e. The summed E-state index contributed by atoms with van der Waals surface area (Å²) in [5, 5.41) is 9.31. The van der Waals surface area contributed by atoms with Crippen molar-refractivity contribution in [3.05, 3.63) is 64.2 Å². The van der Waals surface area contributed by atoms with Gasteiger partial charge in [-0.15, -0.1) is 0 Å².